The molecule has 5 nitrogen and oxygen atoms in total. The molecule has 0 saturated carbocycles. The molecule has 0 aromatic heterocycles. The van der Waals surface area contributed by atoms with Crippen LogP contribution in [0.1, 0.15) is 39.7 Å². The summed E-state index contributed by atoms with van der Waals surface area (Å²) in [6.45, 7) is 8.38. The van der Waals surface area contributed by atoms with Gasteiger partial charge in [-0.3, -0.25) is 14.3 Å². The van der Waals surface area contributed by atoms with Crippen molar-refractivity contribution in [3.8, 4) is 0 Å². The third kappa shape index (κ3) is 15.9. The predicted molar refractivity (Wildman–Crippen MR) is 104 cm³/mol. The van der Waals surface area contributed by atoms with Gasteiger partial charge in [-0.1, -0.05) is 30.3 Å². The zero-order chi connectivity index (χ0) is 17.7. The van der Waals surface area contributed by atoms with Crippen LogP contribution >= 0.6 is 30.3 Å². The number of hydrogen-bond donors (Lipinski definition) is 2. The quantitative estimate of drug-likeness (QED) is 0.299. The van der Waals surface area contributed by atoms with E-state index in [2.05, 4.69) is 31.2 Å². The van der Waals surface area contributed by atoms with Gasteiger partial charge in [0.1, 0.15) is 6.61 Å². The lowest BCUT2D eigenvalue weighted by Gasteiger charge is -2.18. The fourth-order valence-electron chi connectivity index (χ4n) is 1.53. The normalized spacial score (nSPS) is 10.3. The Bertz CT molecular complexity index is 464. The maximum Gasteiger partial charge on any atom is 0.307 e. The van der Waals surface area contributed by atoms with Gasteiger partial charge in [0.2, 0.25) is 5.91 Å². The Hall–Kier alpha value is -0.800. The summed E-state index contributed by atoms with van der Waals surface area (Å²) < 4.78 is 8.06. The first-order chi connectivity index (χ1) is 10.7. The minimum absolute atomic E-state index is 0.0255. The first-order valence-corrected chi connectivity index (χ1v) is 10.6. The lowest BCUT2D eigenvalue weighted by Crippen LogP contribution is -2.38. The molecule has 0 atom stereocenters. The summed E-state index contributed by atoms with van der Waals surface area (Å²) >= 11 is 2.12. The molecule has 7 heteroatoms. The maximum absolute atomic E-state index is 11.2. The third-order valence-corrected chi connectivity index (χ3v) is 3.53. The summed E-state index contributed by atoms with van der Waals surface area (Å²) in [6.07, 6.45) is 0.406. The summed E-state index contributed by atoms with van der Waals surface area (Å²) in [7, 11) is 1.47. The Morgan fingerprint density at radius 1 is 1.22 bits per heavy atom. The van der Waals surface area contributed by atoms with Crippen LogP contribution in [-0.2, 0) is 20.9 Å². The van der Waals surface area contributed by atoms with E-state index < -0.39 is 0 Å². The van der Waals surface area contributed by atoms with Gasteiger partial charge in [-0.2, -0.15) is 0 Å². The Morgan fingerprint density at radius 2 is 1.83 bits per heavy atom. The fourth-order valence-corrected chi connectivity index (χ4v) is 2.37. The molecule has 1 aromatic carbocycles. The molecule has 23 heavy (non-hydrogen) atoms. The van der Waals surface area contributed by atoms with Gasteiger partial charge in [0, 0.05) is 40.2 Å². The SMILES string of the molecule is CC(=O)NC(C)(C)C.O=C(CCNSI)OCc1ccccc1. The number of carbonyl (C=O) groups is 2. The highest BCUT2D eigenvalue weighted by molar-refractivity contribution is 14.2. The van der Waals surface area contributed by atoms with E-state index >= 15 is 0 Å². The molecule has 0 radical (unpaired) electrons. The molecule has 2 N–H and O–H groups in total. The smallest absolute Gasteiger partial charge is 0.307 e. The topological polar surface area (TPSA) is 67.4 Å². The summed E-state index contributed by atoms with van der Waals surface area (Å²) in [5.41, 5.74) is 0.938. The summed E-state index contributed by atoms with van der Waals surface area (Å²) in [6, 6.07) is 9.67. The average molecular weight is 452 g/mol. The lowest BCUT2D eigenvalue weighted by atomic mass is 10.1. The summed E-state index contributed by atoms with van der Waals surface area (Å²) in [5, 5.41) is 2.74. The lowest BCUT2D eigenvalue weighted by molar-refractivity contribution is -0.144. The zero-order valence-corrected chi connectivity index (χ0v) is 17.0. The highest BCUT2D eigenvalue weighted by Gasteiger charge is 2.08. The van der Waals surface area contributed by atoms with Crippen LogP contribution < -0.4 is 10.0 Å². The zero-order valence-electron chi connectivity index (χ0n) is 14.0. The molecular weight excluding hydrogens is 427 g/mol. The first kappa shape index (κ1) is 22.2. The van der Waals surface area contributed by atoms with E-state index in [9.17, 15) is 9.59 Å². The molecule has 0 fully saturated rings. The molecule has 1 amide bonds. The van der Waals surface area contributed by atoms with Crippen molar-refractivity contribution in [1.29, 1.82) is 0 Å². The predicted octanol–water partition coefficient (Wildman–Crippen LogP) is 3.63. The van der Waals surface area contributed by atoms with Crippen molar-refractivity contribution in [1.82, 2.24) is 10.0 Å². The molecule has 0 aliphatic rings. The van der Waals surface area contributed by atoms with E-state index in [1.165, 1.54) is 16.0 Å². The molecule has 0 spiro atoms. The highest BCUT2D eigenvalue weighted by atomic mass is 127. The van der Waals surface area contributed by atoms with Gasteiger partial charge in [0.05, 0.1) is 6.42 Å². The van der Waals surface area contributed by atoms with Crippen molar-refractivity contribution in [2.24, 2.45) is 0 Å². The largest absolute Gasteiger partial charge is 0.461 e. The van der Waals surface area contributed by atoms with Crippen LogP contribution in [0.25, 0.3) is 0 Å². The molecule has 1 rings (SSSR count). The third-order valence-electron chi connectivity index (χ3n) is 2.28. The molecule has 0 saturated heterocycles. The van der Waals surface area contributed by atoms with Gasteiger partial charge < -0.3 is 10.1 Å². The van der Waals surface area contributed by atoms with Crippen molar-refractivity contribution in [2.45, 2.75) is 46.3 Å². The van der Waals surface area contributed by atoms with E-state index in [-0.39, 0.29) is 17.4 Å². The number of hydrogen-bond acceptors (Lipinski definition) is 5. The van der Waals surface area contributed by atoms with Crippen LogP contribution in [0.5, 0.6) is 0 Å². The highest BCUT2D eigenvalue weighted by Crippen LogP contribution is 2.04. The second-order valence-electron chi connectivity index (χ2n) is 5.80. The number of amides is 1. The van der Waals surface area contributed by atoms with Crippen molar-refractivity contribution < 1.29 is 14.3 Å². The van der Waals surface area contributed by atoms with Crippen molar-refractivity contribution in [2.75, 3.05) is 6.54 Å². The van der Waals surface area contributed by atoms with Gasteiger partial charge in [0.25, 0.3) is 0 Å². The Kier molecular flexibility index (Phi) is 12.2. The van der Waals surface area contributed by atoms with Crippen LogP contribution in [0, 0.1) is 0 Å². The molecule has 1 aromatic rings. The average Bonchev–Trinajstić information content (AvgIpc) is 2.44. The standard InChI is InChI=1S/C10H12INO2S.C6H13NO/c11-15-12-7-6-10(13)14-8-9-4-2-1-3-5-9;1-5(8)7-6(2,3)4/h1-5,12H,6-8H2;1-4H3,(H,7,8). The van der Waals surface area contributed by atoms with Crippen LogP contribution in [0.15, 0.2) is 30.3 Å². The molecule has 0 unspecified atom stereocenters. The maximum atomic E-state index is 11.2. The minimum Gasteiger partial charge on any atom is -0.461 e. The number of ether oxygens (including phenoxy) is 1. The van der Waals surface area contributed by atoms with Crippen LogP contribution in [0.2, 0.25) is 0 Å². The van der Waals surface area contributed by atoms with E-state index in [1.807, 2.05) is 51.1 Å². The van der Waals surface area contributed by atoms with Gasteiger partial charge in [-0.25, -0.2) is 0 Å². The molecule has 0 heterocycles. The first-order valence-electron chi connectivity index (χ1n) is 7.23. The molecule has 130 valence electrons. The van der Waals surface area contributed by atoms with E-state index in [0.717, 1.165) is 5.56 Å². The molecular formula is C16H25IN2O3S. The number of nitrogens with one attached hydrogen (secondary N) is 2. The monoisotopic (exact) mass is 452 g/mol. The number of benzene rings is 1. The summed E-state index contributed by atoms with van der Waals surface area (Å²) in [4.78, 5) is 21.6. The number of carbonyl (C=O) groups excluding carboxylic acids is 2. The molecule has 0 aliphatic carbocycles. The Labute approximate surface area is 155 Å². The summed E-state index contributed by atoms with van der Waals surface area (Å²) in [5.74, 6) is -0.144. The van der Waals surface area contributed by atoms with Crippen LogP contribution in [0.4, 0.5) is 0 Å². The van der Waals surface area contributed by atoms with E-state index in [0.29, 0.717) is 19.6 Å². The Balaban J connectivity index is 0.000000515. The van der Waals surface area contributed by atoms with Gasteiger partial charge >= 0.3 is 5.97 Å². The Morgan fingerprint density at radius 3 is 2.26 bits per heavy atom. The van der Waals surface area contributed by atoms with Gasteiger partial charge in [-0.05, 0) is 35.5 Å². The van der Waals surface area contributed by atoms with Crippen LogP contribution in [0.3, 0.4) is 0 Å². The fraction of sp³-hybridized carbons (Fsp3) is 0.500. The molecule has 0 aliphatic heterocycles. The minimum atomic E-state index is -0.170. The second kappa shape index (κ2) is 12.6. The van der Waals surface area contributed by atoms with E-state index in [4.69, 9.17) is 4.74 Å². The van der Waals surface area contributed by atoms with Gasteiger partial charge in [0.15, 0.2) is 0 Å². The van der Waals surface area contributed by atoms with Crippen molar-refractivity contribution >= 4 is 42.2 Å². The van der Waals surface area contributed by atoms with Crippen LogP contribution in [-0.4, -0.2) is 24.0 Å². The number of esters is 1. The molecule has 0 bridgehead atoms. The number of halogens is 1. The van der Waals surface area contributed by atoms with Crippen molar-refractivity contribution in [3.05, 3.63) is 35.9 Å². The van der Waals surface area contributed by atoms with E-state index in [1.54, 1.807) is 0 Å². The number of rotatable bonds is 6. The second-order valence-corrected chi connectivity index (χ2v) is 7.56. The van der Waals surface area contributed by atoms with Gasteiger partial charge in [-0.15, -0.1) is 0 Å². The van der Waals surface area contributed by atoms with Crippen molar-refractivity contribution in [3.63, 3.8) is 0 Å².